The molecule has 3 rings (SSSR count). The molecule has 1 unspecified atom stereocenters. The van der Waals surface area contributed by atoms with E-state index in [1.165, 1.54) is 0 Å². The van der Waals surface area contributed by atoms with Gasteiger partial charge in [0.15, 0.2) is 0 Å². The van der Waals surface area contributed by atoms with Crippen molar-refractivity contribution in [3.8, 4) is 0 Å². The Balaban J connectivity index is 1.62. The molecule has 0 saturated heterocycles. The highest BCUT2D eigenvalue weighted by Gasteiger charge is 2.57. The van der Waals surface area contributed by atoms with Crippen LogP contribution in [0.1, 0.15) is 44.2 Å². The second-order valence-corrected chi connectivity index (χ2v) is 5.94. The van der Waals surface area contributed by atoms with Gasteiger partial charge in [0.2, 0.25) is 11.8 Å². The molecule has 106 valence electrons. The van der Waals surface area contributed by atoms with Crippen LogP contribution in [0.15, 0.2) is 30.3 Å². The lowest BCUT2D eigenvalue weighted by atomic mass is 10.0. The second kappa shape index (κ2) is 4.93. The Labute approximate surface area is 118 Å². The molecule has 2 saturated carbocycles. The number of rotatable bonds is 5. The van der Waals surface area contributed by atoms with Gasteiger partial charge in [-0.15, -0.1) is 0 Å². The van der Waals surface area contributed by atoms with E-state index < -0.39 is 5.41 Å². The number of hydrogen-bond donors (Lipinski definition) is 2. The van der Waals surface area contributed by atoms with Crippen LogP contribution in [0.3, 0.4) is 0 Å². The zero-order chi connectivity index (χ0) is 14.2. The maximum atomic E-state index is 12.4. The van der Waals surface area contributed by atoms with E-state index in [0.29, 0.717) is 18.9 Å². The monoisotopic (exact) mass is 272 g/mol. The Hall–Kier alpha value is -1.84. The molecule has 0 aliphatic heterocycles. The van der Waals surface area contributed by atoms with Crippen LogP contribution >= 0.6 is 0 Å². The minimum absolute atomic E-state index is 0.0742. The summed E-state index contributed by atoms with van der Waals surface area (Å²) in [6.45, 7) is 1.95. The van der Waals surface area contributed by atoms with Crippen LogP contribution in [0.4, 0.5) is 0 Å². The maximum absolute atomic E-state index is 12.4. The summed E-state index contributed by atoms with van der Waals surface area (Å²) in [7, 11) is 0. The van der Waals surface area contributed by atoms with Crippen LogP contribution in [-0.4, -0.2) is 17.9 Å². The molecule has 0 spiro atoms. The highest BCUT2D eigenvalue weighted by atomic mass is 16.2. The second-order valence-electron chi connectivity index (χ2n) is 5.94. The summed E-state index contributed by atoms with van der Waals surface area (Å²) < 4.78 is 0. The van der Waals surface area contributed by atoms with E-state index in [4.69, 9.17) is 0 Å². The van der Waals surface area contributed by atoms with E-state index >= 15 is 0 Å². The summed E-state index contributed by atoms with van der Waals surface area (Å²) in [5.41, 5.74) is 0.255. The van der Waals surface area contributed by atoms with Crippen LogP contribution < -0.4 is 10.6 Å². The fourth-order valence-electron chi connectivity index (χ4n) is 2.39. The van der Waals surface area contributed by atoms with Crippen molar-refractivity contribution in [3.05, 3.63) is 35.9 Å². The fraction of sp³-hybridized carbons (Fsp3) is 0.500. The molecule has 20 heavy (non-hydrogen) atoms. The average molecular weight is 272 g/mol. The summed E-state index contributed by atoms with van der Waals surface area (Å²) in [6, 6.07) is 10.0. The highest BCUT2D eigenvalue weighted by Crippen LogP contribution is 2.47. The molecule has 2 N–H and O–H groups in total. The van der Waals surface area contributed by atoms with Gasteiger partial charge >= 0.3 is 0 Å². The predicted molar refractivity (Wildman–Crippen MR) is 75.8 cm³/mol. The van der Waals surface area contributed by atoms with Crippen LogP contribution in [-0.2, 0) is 9.59 Å². The van der Waals surface area contributed by atoms with E-state index in [-0.39, 0.29) is 17.9 Å². The molecule has 2 aliphatic rings. The zero-order valence-corrected chi connectivity index (χ0v) is 11.7. The maximum Gasteiger partial charge on any atom is 0.236 e. The number of carbonyl (C=O) groups is 2. The molecule has 2 fully saturated rings. The van der Waals surface area contributed by atoms with E-state index in [1.54, 1.807) is 0 Å². The Morgan fingerprint density at radius 3 is 2.35 bits per heavy atom. The van der Waals surface area contributed by atoms with Crippen molar-refractivity contribution in [1.82, 2.24) is 10.6 Å². The topological polar surface area (TPSA) is 58.2 Å². The lowest BCUT2D eigenvalue weighted by Crippen LogP contribution is -2.44. The van der Waals surface area contributed by atoms with Gasteiger partial charge in [0, 0.05) is 6.04 Å². The van der Waals surface area contributed by atoms with Crippen molar-refractivity contribution in [2.24, 2.45) is 5.41 Å². The minimum Gasteiger partial charge on any atom is -0.352 e. The van der Waals surface area contributed by atoms with Crippen LogP contribution in [0, 0.1) is 5.41 Å². The van der Waals surface area contributed by atoms with Crippen molar-refractivity contribution >= 4 is 11.8 Å². The molecule has 0 aromatic heterocycles. The third-order valence-electron chi connectivity index (χ3n) is 4.18. The molecule has 0 bridgehead atoms. The number of nitrogens with one attached hydrogen (secondary N) is 2. The van der Waals surface area contributed by atoms with Gasteiger partial charge in [-0.25, -0.2) is 0 Å². The first-order valence-corrected chi connectivity index (χ1v) is 7.29. The summed E-state index contributed by atoms with van der Waals surface area (Å²) in [5.74, 6) is -0.218. The van der Waals surface area contributed by atoms with Crippen LogP contribution in [0.5, 0.6) is 0 Å². The number of hydrogen-bond acceptors (Lipinski definition) is 2. The Kier molecular flexibility index (Phi) is 3.24. The van der Waals surface area contributed by atoms with Gasteiger partial charge in [0.25, 0.3) is 0 Å². The highest BCUT2D eigenvalue weighted by molar-refractivity contribution is 6.08. The predicted octanol–water partition coefficient (Wildman–Crippen LogP) is 1.92. The van der Waals surface area contributed by atoms with Crippen molar-refractivity contribution < 1.29 is 9.59 Å². The van der Waals surface area contributed by atoms with Gasteiger partial charge in [0.05, 0.1) is 6.04 Å². The molecule has 4 nitrogen and oxygen atoms in total. The molecule has 2 amide bonds. The van der Waals surface area contributed by atoms with Gasteiger partial charge < -0.3 is 10.6 Å². The summed E-state index contributed by atoms with van der Waals surface area (Å²) >= 11 is 0. The number of carbonyl (C=O) groups excluding carboxylic acids is 2. The quantitative estimate of drug-likeness (QED) is 0.805. The van der Waals surface area contributed by atoms with Crippen molar-refractivity contribution in [1.29, 1.82) is 0 Å². The average Bonchev–Trinajstić information content (AvgIpc) is 3.33. The Morgan fingerprint density at radius 2 is 1.80 bits per heavy atom. The molecular formula is C16H20N2O2. The SMILES string of the molecule is CC(NC(=O)C1(C(=O)NC2CC2)CC1)c1ccccc1. The van der Waals surface area contributed by atoms with E-state index in [9.17, 15) is 9.59 Å². The van der Waals surface area contributed by atoms with Gasteiger partial charge in [-0.3, -0.25) is 9.59 Å². The summed E-state index contributed by atoms with van der Waals surface area (Å²) in [5, 5.41) is 5.92. The largest absolute Gasteiger partial charge is 0.352 e. The van der Waals surface area contributed by atoms with Crippen molar-refractivity contribution in [3.63, 3.8) is 0 Å². The Morgan fingerprint density at radius 1 is 1.15 bits per heavy atom. The van der Waals surface area contributed by atoms with Crippen LogP contribution in [0.25, 0.3) is 0 Å². The third kappa shape index (κ3) is 2.55. The van der Waals surface area contributed by atoms with Crippen molar-refractivity contribution in [2.75, 3.05) is 0 Å². The molecule has 2 aliphatic carbocycles. The zero-order valence-electron chi connectivity index (χ0n) is 11.7. The van der Waals surface area contributed by atoms with E-state index in [0.717, 1.165) is 18.4 Å². The minimum atomic E-state index is -0.800. The van der Waals surface area contributed by atoms with E-state index in [1.807, 2.05) is 37.3 Å². The molecule has 1 aromatic carbocycles. The molecule has 4 heteroatoms. The third-order valence-corrected chi connectivity index (χ3v) is 4.18. The molecule has 0 radical (unpaired) electrons. The summed E-state index contributed by atoms with van der Waals surface area (Å²) in [4.78, 5) is 24.5. The molecule has 1 atom stereocenters. The van der Waals surface area contributed by atoms with Gasteiger partial charge in [-0.2, -0.15) is 0 Å². The number of amides is 2. The van der Waals surface area contributed by atoms with Gasteiger partial charge in [-0.05, 0) is 38.2 Å². The summed E-state index contributed by atoms with van der Waals surface area (Å²) in [6.07, 6.45) is 3.42. The first-order valence-electron chi connectivity index (χ1n) is 7.29. The van der Waals surface area contributed by atoms with Gasteiger partial charge in [-0.1, -0.05) is 30.3 Å². The molecule has 1 aromatic rings. The lowest BCUT2D eigenvalue weighted by molar-refractivity contribution is -0.137. The van der Waals surface area contributed by atoms with Crippen molar-refractivity contribution in [2.45, 2.75) is 44.7 Å². The standard InChI is InChI=1S/C16H20N2O2/c1-11(12-5-3-2-4-6-12)17-14(19)16(9-10-16)15(20)18-13-7-8-13/h2-6,11,13H,7-10H2,1H3,(H,17,19)(H,18,20). The van der Waals surface area contributed by atoms with Gasteiger partial charge in [0.1, 0.15) is 5.41 Å². The number of benzene rings is 1. The first-order chi connectivity index (χ1) is 9.62. The fourth-order valence-corrected chi connectivity index (χ4v) is 2.39. The smallest absolute Gasteiger partial charge is 0.236 e. The normalized spacial score (nSPS) is 20.9. The van der Waals surface area contributed by atoms with E-state index in [2.05, 4.69) is 10.6 Å². The van der Waals surface area contributed by atoms with Crippen LogP contribution in [0.2, 0.25) is 0 Å². The first kappa shape index (κ1) is 13.2. The Bertz CT molecular complexity index is 519. The molecular weight excluding hydrogens is 252 g/mol. The molecule has 0 heterocycles. The lowest BCUT2D eigenvalue weighted by Gasteiger charge is -2.19.